The second kappa shape index (κ2) is 12.2. The predicted molar refractivity (Wildman–Crippen MR) is 150 cm³/mol. The smallest absolute Gasteiger partial charge is 0.302 e. The highest BCUT2D eigenvalue weighted by Crippen LogP contribution is 2.33. The lowest BCUT2D eigenvalue weighted by molar-refractivity contribution is -0.137. The zero-order valence-corrected chi connectivity index (χ0v) is 22.8. The Bertz CT molecular complexity index is 1370. The highest BCUT2D eigenvalue weighted by atomic mass is 32.2. The van der Waals surface area contributed by atoms with E-state index in [1.165, 1.54) is 39.6 Å². The molecule has 0 radical (unpaired) electrons. The van der Waals surface area contributed by atoms with Crippen molar-refractivity contribution in [2.24, 2.45) is 0 Å². The first-order chi connectivity index (χ1) is 18.1. The maximum Gasteiger partial charge on any atom is 0.416 e. The first kappa shape index (κ1) is 28.0. The van der Waals surface area contributed by atoms with Crippen LogP contribution in [0.4, 0.5) is 18.3 Å². The Hall–Kier alpha value is -3.02. The number of nitrogens with one attached hydrogen (secondary N) is 1. The maximum atomic E-state index is 12.9. The normalized spacial score (nSPS) is 14.9. The summed E-state index contributed by atoms with van der Waals surface area (Å²) in [6.45, 7) is 2.40. The Labute approximate surface area is 232 Å². The molecule has 1 aliphatic rings. The van der Waals surface area contributed by atoms with Gasteiger partial charge in [-0.15, -0.1) is 11.3 Å². The van der Waals surface area contributed by atoms with Crippen LogP contribution in [-0.2, 0) is 28.6 Å². The number of carbonyl (C=O) groups excluding carboxylic acids is 2. The van der Waals surface area contributed by atoms with Crippen molar-refractivity contribution in [3.8, 4) is 0 Å². The van der Waals surface area contributed by atoms with Gasteiger partial charge in [0.2, 0.25) is 5.91 Å². The molecule has 0 atom stereocenters. The number of amides is 2. The van der Waals surface area contributed by atoms with Crippen molar-refractivity contribution >= 4 is 62.7 Å². The molecule has 0 saturated carbocycles. The van der Waals surface area contributed by atoms with Gasteiger partial charge in [-0.2, -0.15) is 13.2 Å². The number of hydrogen-bond donors (Lipinski definition) is 1. The van der Waals surface area contributed by atoms with Crippen LogP contribution in [0, 0.1) is 0 Å². The summed E-state index contributed by atoms with van der Waals surface area (Å²) in [5, 5.41) is 3.09. The standard InChI is InChI=1S/C27H24F3N3O2S3/c1-2-17-8-10-18(11-9-17)15-22-24(35)33(26(36)38-22)12-4-7-23(34)32-25-31-16-21(37-25)14-19-5-3-6-20(13-19)27(28,29)30/h3,5-6,8-11,13,15-16H,2,4,7,12,14H2,1H3,(H,31,32,34)/b22-15-. The Morgan fingerprint density at radius 3 is 2.63 bits per heavy atom. The van der Waals surface area contributed by atoms with Crippen molar-refractivity contribution in [3.05, 3.63) is 86.8 Å². The number of alkyl halides is 3. The number of hydrogen-bond acceptors (Lipinski definition) is 6. The number of anilines is 1. The molecule has 1 fully saturated rings. The Morgan fingerprint density at radius 2 is 1.92 bits per heavy atom. The van der Waals surface area contributed by atoms with Gasteiger partial charge in [0, 0.05) is 30.5 Å². The largest absolute Gasteiger partial charge is 0.416 e. The van der Waals surface area contributed by atoms with E-state index in [0.29, 0.717) is 32.9 Å². The second-order valence-electron chi connectivity index (χ2n) is 8.59. The van der Waals surface area contributed by atoms with Crippen LogP contribution in [0.25, 0.3) is 6.08 Å². The number of aromatic nitrogens is 1. The molecule has 0 aliphatic carbocycles. The van der Waals surface area contributed by atoms with Crippen LogP contribution in [0.5, 0.6) is 0 Å². The molecule has 1 N–H and O–H groups in total. The summed E-state index contributed by atoms with van der Waals surface area (Å²) >= 11 is 7.84. The molecule has 198 valence electrons. The fourth-order valence-corrected chi connectivity index (χ4v) is 5.95. The summed E-state index contributed by atoms with van der Waals surface area (Å²) < 4.78 is 39.3. The molecular formula is C27H24F3N3O2S3. The van der Waals surface area contributed by atoms with Crippen LogP contribution < -0.4 is 5.32 Å². The number of nitrogens with zero attached hydrogens (tertiary/aromatic N) is 2. The minimum atomic E-state index is -4.40. The van der Waals surface area contributed by atoms with Gasteiger partial charge in [0.25, 0.3) is 5.91 Å². The van der Waals surface area contributed by atoms with Crippen molar-refractivity contribution in [2.75, 3.05) is 11.9 Å². The van der Waals surface area contributed by atoms with Gasteiger partial charge in [-0.3, -0.25) is 14.5 Å². The molecule has 1 aromatic heterocycles. The van der Waals surface area contributed by atoms with Crippen LogP contribution in [0.2, 0.25) is 0 Å². The monoisotopic (exact) mass is 575 g/mol. The average molecular weight is 576 g/mol. The zero-order chi connectivity index (χ0) is 27.3. The molecule has 2 heterocycles. The molecule has 0 bridgehead atoms. The van der Waals surface area contributed by atoms with Gasteiger partial charge in [-0.1, -0.05) is 73.4 Å². The van der Waals surface area contributed by atoms with E-state index < -0.39 is 11.7 Å². The van der Waals surface area contributed by atoms with Crippen molar-refractivity contribution in [1.29, 1.82) is 0 Å². The van der Waals surface area contributed by atoms with E-state index in [-0.39, 0.29) is 24.7 Å². The van der Waals surface area contributed by atoms with Gasteiger partial charge in [0.05, 0.1) is 10.5 Å². The number of thiocarbonyl (C=S) groups is 1. The van der Waals surface area contributed by atoms with E-state index in [1.807, 2.05) is 30.3 Å². The molecule has 11 heteroatoms. The molecule has 3 aromatic rings. The van der Waals surface area contributed by atoms with Crippen LogP contribution in [0.15, 0.2) is 59.6 Å². The van der Waals surface area contributed by atoms with E-state index in [4.69, 9.17) is 12.2 Å². The lowest BCUT2D eigenvalue weighted by atomic mass is 10.1. The van der Waals surface area contributed by atoms with Crippen molar-refractivity contribution in [2.45, 2.75) is 38.8 Å². The molecule has 1 aliphatic heterocycles. The highest BCUT2D eigenvalue weighted by molar-refractivity contribution is 8.26. The fraction of sp³-hybridized carbons (Fsp3) is 0.259. The zero-order valence-electron chi connectivity index (χ0n) is 20.4. The Kier molecular flexibility index (Phi) is 9.01. The lowest BCUT2D eigenvalue weighted by Gasteiger charge is -2.13. The lowest BCUT2D eigenvalue weighted by Crippen LogP contribution is -2.29. The summed E-state index contributed by atoms with van der Waals surface area (Å²) in [5.41, 5.74) is 1.96. The number of carbonyl (C=O) groups is 2. The summed E-state index contributed by atoms with van der Waals surface area (Å²) in [6, 6.07) is 13.1. The predicted octanol–water partition coefficient (Wildman–Crippen LogP) is 6.94. The number of halogens is 3. The van der Waals surface area contributed by atoms with E-state index in [1.54, 1.807) is 12.3 Å². The third-order valence-corrected chi connectivity index (χ3v) is 8.07. The molecule has 2 amide bonds. The van der Waals surface area contributed by atoms with E-state index in [9.17, 15) is 22.8 Å². The molecule has 4 rings (SSSR count). The van der Waals surface area contributed by atoms with Crippen molar-refractivity contribution in [3.63, 3.8) is 0 Å². The topological polar surface area (TPSA) is 62.3 Å². The first-order valence-corrected chi connectivity index (χ1v) is 13.9. The molecule has 0 spiro atoms. The van der Waals surface area contributed by atoms with E-state index in [0.717, 1.165) is 29.0 Å². The van der Waals surface area contributed by atoms with Crippen molar-refractivity contribution in [1.82, 2.24) is 9.88 Å². The molecule has 5 nitrogen and oxygen atoms in total. The SMILES string of the molecule is CCc1ccc(/C=C2\SC(=S)N(CCCC(=O)Nc3ncc(Cc4cccc(C(F)(F)F)c4)s3)C2=O)cc1. The van der Waals surface area contributed by atoms with Crippen molar-refractivity contribution < 1.29 is 22.8 Å². The van der Waals surface area contributed by atoms with E-state index >= 15 is 0 Å². The summed E-state index contributed by atoms with van der Waals surface area (Å²) in [6.07, 6.45) is 0.773. The second-order valence-corrected chi connectivity index (χ2v) is 11.4. The summed E-state index contributed by atoms with van der Waals surface area (Å²) in [7, 11) is 0. The van der Waals surface area contributed by atoms with Crippen LogP contribution in [0.1, 0.15) is 46.9 Å². The molecule has 0 unspecified atom stereocenters. The average Bonchev–Trinajstić information content (AvgIpc) is 3.42. The van der Waals surface area contributed by atoms with Crippen LogP contribution in [0.3, 0.4) is 0 Å². The van der Waals surface area contributed by atoms with Crippen LogP contribution >= 0.6 is 35.3 Å². The quantitative estimate of drug-likeness (QED) is 0.221. The number of benzene rings is 2. The number of rotatable bonds is 9. The van der Waals surface area contributed by atoms with Gasteiger partial charge in [-0.25, -0.2) is 4.98 Å². The Morgan fingerprint density at radius 1 is 1.16 bits per heavy atom. The van der Waals surface area contributed by atoms with E-state index in [2.05, 4.69) is 17.2 Å². The third-order valence-electron chi connectivity index (χ3n) is 5.78. The number of thioether (sulfide) groups is 1. The molecule has 1 saturated heterocycles. The molecule has 38 heavy (non-hydrogen) atoms. The van der Waals surface area contributed by atoms with Gasteiger partial charge in [0.15, 0.2) is 5.13 Å². The van der Waals surface area contributed by atoms with Gasteiger partial charge >= 0.3 is 6.18 Å². The molecule has 2 aromatic carbocycles. The fourth-order valence-electron chi connectivity index (χ4n) is 3.78. The summed E-state index contributed by atoms with van der Waals surface area (Å²) in [5.74, 6) is -0.430. The Balaban J connectivity index is 1.26. The van der Waals surface area contributed by atoms with Gasteiger partial charge < -0.3 is 5.32 Å². The summed E-state index contributed by atoms with van der Waals surface area (Å²) in [4.78, 5) is 32.2. The first-order valence-electron chi connectivity index (χ1n) is 11.9. The minimum absolute atomic E-state index is 0.164. The number of aryl methyl sites for hydroxylation is 1. The minimum Gasteiger partial charge on any atom is -0.302 e. The van der Waals surface area contributed by atoms with Crippen LogP contribution in [-0.4, -0.2) is 32.6 Å². The third kappa shape index (κ3) is 7.30. The maximum absolute atomic E-state index is 12.9. The number of thiazole rings is 1. The molecular weight excluding hydrogens is 552 g/mol. The van der Waals surface area contributed by atoms with Gasteiger partial charge in [-0.05, 0) is 41.7 Å². The highest BCUT2D eigenvalue weighted by Gasteiger charge is 2.32. The van der Waals surface area contributed by atoms with Gasteiger partial charge in [0.1, 0.15) is 4.32 Å².